The summed E-state index contributed by atoms with van der Waals surface area (Å²) in [6.45, 7) is 3.06. The second-order valence-corrected chi connectivity index (χ2v) is 4.70. The molecule has 0 heterocycles. The number of rotatable bonds is 1. The fourth-order valence-electron chi connectivity index (χ4n) is 0.607. The van der Waals surface area contributed by atoms with Crippen molar-refractivity contribution in [3.05, 3.63) is 29.3 Å². The lowest BCUT2D eigenvalue weighted by atomic mass is 10.4. The molecule has 1 aromatic rings. The minimum absolute atomic E-state index is 0.151. The van der Waals surface area contributed by atoms with Crippen LogP contribution in [0.4, 0.5) is 0 Å². The van der Waals surface area contributed by atoms with Gasteiger partial charge in [-0.2, -0.15) is 8.42 Å². The van der Waals surface area contributed by atoms with Crippen LogP contribution in [0.15, 0.2) is 29.2 Å². The maximum absolute atomic E-state index is 10.5. The van der Waals surface area contributed by atoms with Gasteiger partial charge in [-0.3, -0.25) is 4.55 Å². The van der Waals surface area contributed by atoms with E-state index in [9.17, 15) is 13.2 Å². The molecule has 0 saturated carbocycles. The van der Waals surface area contributed by atoms with Gasteiger partial charge in [0.05, 0.1) is 4.90 Å². The fraction of sp³-hybridized carbons (Fsp3) is 0.222. The average Bonchev–Trinajstić information content (AvgIpc) is 2.01. The highest BCUT2D eigenvalue weighted by Crippen LogP contribution is 2.12. The van der Waals surface area contributed by atoms with Crippen LogP contribution in [-0.2, 0) is 14.9 Å². The second-order valence-electron chi connectivity index (χ2n) is 2.84. The van der Waals surface area contributed by atoms with E-state index in [4.69, 9.17) is 16.2 Å². The molecular formula is C9H11ClO4S. The lowest BCUT2D eigenvalue weighted by Gasteiger charge is -1.94. The number of carbonyl (C=O) groups excluding carboxylic acids is 1. The Morgan fingerprint density at radius 2 is 1.53 bits per heavy atom. The van der Waals surface area contributed by atoms with Crippen molar-refractivity contribution in [3.8, 4) is 0 Å². The van der Waals surface area contributed by atoms with Gasteiger partial charge in [-0.15, -0.1) is 0 Å². The Morgan fingerprint density at radius 1 is 1.20 bits per heavy atom. The maximum Gasteiger partial charge on any atom is 0.294 e. The van der Waals surface area contributed by atoms with Crippen LogP contribution in [0.1, 0.15) is 13.8 Å². The molecule has 1 N–H and O–H groups in total. The first-order chi connectivity index (χ1) is 6.73. The molecule has 84 valence electrons. The lowest BCUT2D eigenvalue weighted by Crippen LogP contribution is -1.96. The van der Waals surface area contributed by atoms with Crippen LogP contribution in [0.25, 0.3) is 0 Å². The molecule has 0 aliphatic heterocycles. The van der Waals surface area contributed by atoms with Crippen molar-refractivity contribution in [3.63, 3.8) is 0 Å². The van der Waals surface area contributed by atoms with Crippen molar-refractivity contribution in [1.29, 1.82) is 0 Å². The van der Waals surface area contributed by atoms with Gasteiger partial charge in [0.25, 0.3) is 10.1 Å². The number of hydrogen-bond donors (Lipinski definition) is 1. The van der Waals surface area contributed by atoms with Gasteiger partial charge in [-0.1, -0.05) is 11.6 Å². The van der Waals surface area contributed by atoms with Gasteiger partial charge < -0.3 is 4.79 Å². The summed E-state index contributed by atoms with van der Waals surface area (Å²) < 4.78 is 29.4. The normalized spacial score (nSPS) is 10.1. The average molecular weight is 251 g/mol. The molecule has 0 aliphatic carbocycles. The van der Waals surface area contributed by atoms with Gasteiger partial charge in [0, 0.05) is 5.02 Å². The van der Waals surface area contributed by atoms with Gasteiger partial charge in [0.1, 0.15) is 5.78 Å². The van der Waals surface area contributed by atoms with Gasteiger partial charge >= 0.3 is 0 Å². The van der Waals surface area contributed by atoms with Crippen molar-refractivity contribution >= 4 is 27.5 Å². The van der Waals surface area contributed by atoms with E-state index < -0.39 is 10.1 Å². The second kappa shape index (κ2) is 5.85. The van der Waals surface area contributed by atoms with E-state index >= 15 is 0 Å². The number of ketones is 1. The van der Waals surface area contributed by atoms with Crippen LogP contribution in [-0.4, -0.2) is 18.8 Å². The van der Waals surface area contributed by atoms with Crippen molar-refractivity contribution in [1.82, 2.24) is 0 Å². The molecule has 0 saturated heterocycles. The SMILES string of the molecule is CC(C)=O.O=S(=O)(O)c1ccc(Cl)cc1. The minimum atomic E-state index is -4.08. The van der Waals surface area contributed by atoms with Crippen LogP contribution in [0.5, 0.6) is 0 Å². The van der Waals surface area contributed by atoms with Crippen molar-refractivity contribution in [2.75, 3.05) is 0 Å². The fourth-order valence-corrected chi connectivity index (χ4v) is 1.21. The number of Topliss-reactive ketones (excluding diaryl/α,β-unsaturated/α-hetero) is 1. The van der Waals surface area contributed by atoms with Crippen molar-refractivity contribution in [2.45, 2.75) is 18.7 Å². The zero-order valence-electron chi connectivity index (χ0n) is 8.27. The van der Waals surface area contributed by atoms with Crippen LogP contribution < -0.4 is 0 Å². The van der Waals surface area contributed by atoms with Crippen LogP contribution >= 0.6 is 11.6 Å². The van der Waals surface area contributed by atoms with Crippen molar-refractivity contribution < 1.29 is 17.8 Å². The Morgan fingerprint density at radius 3 is 1.80 bits per heavy atom. The summed E-state index contributed by atoms with van der Waals surface area (Å²) in [5, 5.41) is 0.428. The molecule has 4 nitrogen and oxygen atoms in total. The van der Waals surface area contributed by atoms with Crippen LogP contribution in [0.3, 0.4) is 0 Å². The largest absolute Gasteiger partial charge is 0.300 e. The Kier molecular flexibility index (Phi) is 5.49. The number of carbonyl (C=O) groups is 1. The van der Waals surface area contributed by atoms with Crippen LogP contribution in [0, 0.1) is 0 Å². The van der Waals surface area contributed by atoms with Gasteiger partial charge in [0.15, 0.2) is 0 Å². The molecule has 0 unspecified atom stereocenters. The minimum Gasteiger partial charge on any atom is -0.300 e. The Bertz CT molecular complexity index is 418. The molecule has 0 radical (unpaired) electrons. The van der Waals surface area contributed by atoms with Crippen molar-refractivity contribution in [2.24, 2.45) is 0 Å². The number of halogens is 1. The monoisotopic (exact) mass is 250 g/mol. The predicted molar refractivity (Wildman–Crippen MR) is 57.6 cm³/mol. The third-order valence-corrected chi connectivity index (χ3v) is 2.23. The number of benzene rings is 1. The highest BCUT2D eigenvalue weighted by atomic mass is 35.5. The lowest BCUT2D eigenvalue weighted by molar-refractivity contribution is -0.114. The van der Waals surface area contributed by atoms with Gasteiger partial charge in [0.2, 0.25) is 0 Å². The first-order valence-corrected chi connectivity index (χ1v) is 5.75. The zero-order valence-corrected chi connectivity index (χ0v) is 9.84. The Hall–Kier alpha value is -0.910. The summed E-state index contributed by atoms with van der Waals surface area (Å²) in [5.41, 5.74) is 0. The maximum atomic E-state index is 10.5. The van der Waals surface area contributed by atoms with E-state index in [1.807, 2.05) is 0 Å². The van der Waals surface area contributed by atoms with E-state index in [2.05, 4.69) is 0 Å². The van der Waals surface area contributed by atoms with E-state index in [1.165, 1.54) is 38.1 Å². The van der Waals surface area contributed by atoms with Gasteiger partial charge in [-0.25, -0.2) is 0 Å². The molecule has 0 atom stereocenters. The van der Waals surface area contributed by atoms with Crippen LogP contribution in [0.2, 0.25) is 5.02 Å². The highest BCUT2D eigenvalue weighted by molar-refractivity contribution is 7.85. The summed E-state index contributed by atoms with van der Waals surface area (Å²) in [6, 6.07) is 5.25. The predicted octanol–water partition coefficient (Wildman–Crippen LogP) is 2.18. The van der Waals surface area contributed by atoms with Gasteiger partial charge in [-0.05, 0) is 38.1 Å². The summed E-state index contributed by atoms with van der Waals surface area (Å²) >= 11 is 5.49. The summed E-state index contributed by atoms with van der Waals surface area (Å²) in [4.78, 5) is 9.29. The quantitative estimate of drug-likeness (QED) is 0.776. The molecule has 0 amide bonds. The molecule has 0 aromatic heterocycles. The number of hydrogen-bond acceptors (Lipinski definition) is 3. The summed E-state index contributed by atoms with van der Waals surface area (Å²) in [5.74, 6) is 0.167. The van der Waals surface area contributed by atoms with E-state index in [-0.39, 0.29) is 10.7 Å². The topological polar surface area (TPSA) is 71.4 Å². The molecule has 0 fully saturated rings. The molecule has 1 aromatic carbocycles. The van der Waals surface area contributed by atoms with E-state index in [0.717, 1.165) is 0 Å². The highest BCUT2D eigenvalue weighted by Gasteiger charge is 2.07. The summed E-state index contributed by atoms with van der Waals surface area (Å²) in [7, 11) is -4.08. The van der Waals surface area contributed by atoms with E-state index in [1.54, 1.807) is 0 Å². The molecule has 6 heteroatoms. The molecule has 1 rings (SSSR count). The zero-order chi connectivity index (χ0) is 12.1. The molecule has 0 aliphatic rings. The van der Waals surface area contributed by atoms with E-state index in [0.29, 0.717) is 5.02 Å². The molecule has 15 heavy (non-hydrogen) atoms. The first kappa shape index (κ1) is 14.1. The molecule has 0 spiro atoms. The third-order valence-electron chi connectivity index (χ3n) is 1.11. The third kappa shape index (κ3) is 7.07. The summed E-state index contributed by atoms with van der Waals surface area (Å²) in [6.07, 6.45) is 0. The molecular weight excluding hydrogens is 240 g/mol. The smallest absolute Gasteiger partial charge is 0.294 e. The molecule has 0 bridgehead atoms. The first-order valence-electron chi connectivity index (χ1n) is 3.93. The standard InChI is InChI=1S/C6H5ClO3S.C3H6O/c7-5-1-3-6(4-2-5)11(8,9)10;1-3(2)4/h1-4H,(H,8,9,10);1-2H3. The Labute approximate surface area is 93.6 Å². The Balaban J connectivity index is 0.000000423.